The third-order valence-corrected chi connectivity index (χ3v) is 2.61. The van der Waals surface area contributed by atoms with Crippen molar-refractivity contribution in [3.63, 3.8) is 0 Å². The highest BCUT2D eigenvalue weighted by atomic mass is 16.3. The molecule has 1 fully saturated rings. The topological polar surface area (TPSA) is 34.3 Å². The maximum Gasteiger partial charge on any atom is 0.0750 e. The summed E-state index contributed by atoms with van der Waals surface area (Å²) >= 11 is 0. The molecule has 0 saturated carbocycles. The van der Waals surface area contributed by atoms with E-state index in [9.17, 15) is 5.11 Å². The lowest BCUT2D eigenvalue weighted by Gasteiger charge is -2.27. The molecule has 0 bridgehead atoms. The highest BCUT2D eigenvalue weighted by Gasteiger charge is 2.24. The molecule has 1 saturated heterocycles. The van der Waals surface area contributed by atoms with Crippen molar-refractivity contribution in [2.24, 2.45) is 0 Å². The summed E-state index contributed by atoms with van der Waals surface area (Å²) in [6, 6.07) is 10.2. The average Bonchev–Trinajstić information content (AvgIpc) is 2.20. The first-order valence-corrected chi connectivity index (χ1v) is 4.74. The van der Waals surface area contributed by atoms with Crippen LogP contribution >= 0.6 is 0 Å². The van der Waals surface area contributed by atoms with Gasteiger partial charge in [-0.15, -0.1) is 0 Å². The number of aliphatic hydroxyl groups is 1. The standard InChI is InChI=1S/C11H14NO/c13-11-8-12-7-6-10(11)9-4-2-1-3-5-9/h1-5,10-11,13H,6-8H2/t10-,11+/m0/s1. The molecule has 2 atom stereocenters. The molecule has 2 heteroatoms. The van der Waals surface area contributed by atoms with Gasteiger partial charge in [0.25, 0.3) is 0 Å². The monoisotopic (exact) mass is 176 g/mol. The van der Waals surface area contributed by atoms with Crippen LogP contribution < -0.4 is 5.32 Å². The van der Waals surface area contributed by atoms with Crippen molar-refractivity contribution < 1.29 is 5.11 Å². The summed E-state index contributed by atoms with van der Waals surface area (Å²) in [5, 5.41) is 13.9. The van der Waals surface area contributed by atoms with Gasteiger partial charge in [0, 0.05) is 19.0 Å². The van der Waals surface area contributed by atoms with Gasteiger partial charge in [0.05, 0.1) is 6.10 Å². The second kappa shape index (κ2) is 3.90. The maximum absolute atomic E-state index is 9.73. The van der Waals surface area contributed by atoms with Gasteiger partial charge in [0.15, 0.2) is 0 Å². The third-order valence-electron chi connectivity index (χ3n) is 2.61. The normalized spacial score (nSPS) is 28.7. The van der Waals surface area contributed by atoms with E-state index in [0.29, 0.717) is 12.5 Å². The van der Waals surface area contributed by atoms with Crippen molar-refractivity contribution in [3.8, 4) is 0 Å². The number of piperidine rings is 1. The molecule has 0 aromatic heterocycles. The summed E-state index contributed by atoms with van der Waals surface area (Å²) in [6.45, 7) is 1.48. The molecule has 1 aliphatic rings. The molecule has 2 rings (SSSR count). The molecule has 1 radical (unpaired) electrons. The quantitative estimate of drug-likeness (QED) is 0.684. The van der Waals surface area contributed by atoms with E-state index in [2.05, 4.69) is 17.4 Å². The molecule has 0 aliphatic carbocycles. The van der Waals surface area contributed by atoms with Crippen molar-refractivity contribution in [1.29, 1.82) is 0 Å². The van der Waals surface area contributed by atoms with Crippen molar-refractivity contribution in [2.75, 3.05) is 13.1 Å². The van der Waals surface area contributed by atoms with Crippen molar-refractivity contribution >= 4 is 0 Å². The number of aliphatic hydroxyl groups excluding tert-OH is 1. The zero-order valence-electron chi connectivity index (χ0n) is 7.56. The molecular formula is C11H14NO. The Bertz CT molecular complexity index is 260. The van der Waals surface area contributed by atoms with E-state index in [-0.39, 0.29) is 6.10 Å². The Kier molecular flexibility index (Phi) is 2.62. The van der Waals surface area contributed by atoms with Gasteiger partial charge in [-0.3, -0.25) is 0 Å². The largest absolute Gasteiger partial charge is 0.391 e. The van der Waals surface area contributed by atoms with E-state index in [1.807, 2.05) is 18.2 Å². The Hall–Kier alpha value is -0.860. The van der Waals surface area contributed by atoms with Gasteiger partial charge in [0.1, 0.15) is 0 Å². The third kappa shape index (κ3) is 1.90. The highest BCUT2D eigenvalue weighted by molar-refractivity contribution is 5.21. The van der Waals surface area contributed by atoms with E-state index in [1.165, 1.54) is 5.56 Å². The van der Waals surface area contributed by atoms with E-state index in [4.69, 9.17) is 0 Å². The van der Waals surface area contributed by atoms with Gasteiger partial charge < -0.3 is 5.11 Å². The second-order valence-electron chi connectivity index (χ2n) is 3.50. The zero-order valence-corrected chi connectivity index (χ0v) is 7.56. The Morgan fingerprint density at radius 2 is 2.00 bits per heavy atom. The number of nitrogens with zero attached hydrogens (tertiary/aromatic N) is 1. The van der Waals surface area contributed by atoms with Crippen LogP contribution in [0.15, 0.2) is 30.3 Å². The molecule has 1 heterocycles. The summed E-state index contributed by atoms with van der Waals surface area (Å²) in [6.07, 6.45) is 0.696. The molecule has 0 amide bonds. The summed E-state index contributed by atoms with van der Waals surface area (Å²) < 4.78 is 0. The molecule has 0 spiro atoms. The van der Waals surface area contributed by atoms with Crippen molar-refractivity contribution in [2.45, 2.75) is 18.4 Å². The first-order valence-electron chi connectivity index (χ1n) is 4.74. The SMILES string of the molecule is O[C@@H]1C[N]CC[C@H]1c1ccccc1. The fraction of sp³-hybridized carbons (Fsp3) is 0.455. The summed E-state index contributed by atoms with van der Waals surface area (Å²) in [7, 11) is 0. The average molecular weight is 176 g/mol. The summed E-state index contributed by atoms with van der Waals surface area (Å²) in [4.78, 5) is 0. The molecule has 69 valence electrons. The zero-order chi connectivity index (χ0) is 9.10. The van der Waals surface area contributed by atoms with Crippen LogP contribution in [0.3, 0.4) is 0 Å². The molecule has 1 N–H and O–H groups in total. The smallest absolute Gasteiger partial charge is 0.0750 e. The van der Waals surface area contributed by atoms with Crippen LogP contribution in [0, 0.1) is 0 Å². The predicted molar refractivity (Wildman–Crippen MR) is 51.7 cm³/mol. The van der Waals surface area contributed by atoms with E-state index in [1.54, 1.807) is 0 Å². The summed E-state index contributed by atoms with van der Waals surface area (Å²) in [5.41, 5.74) is 1.24. The summed E-state index contributed by atoms with van der Waals surface area (Å²) in [5.74, 6) is 0.290. The molecule has 13 heavy (non-hydrogen) atoms. The minimum absolute atomic E-state index is 0.281. The van der Waals surface area contributed by atoms with Crippen molar-refractivity contribution in [3.05, 3.63) is 35.9 Å². The fourth-order valence-electron chi connectivity index (χ4n) is 1.86. The van der Waals surface area contributed by atoms with Crippen LogP contribution in [0.1, 0.15) is 17.9 Å². The lowest BCUT2D eigenvalue weighted by Crippen LogP contribution is -2.35. The number of hydrogen-bond acceptors (Lipinski definition) is 1. The lowest BCUT2D eigenvalue weighted by atomic mass is 9.88. The second-order valence-corrected chi connectivity index (χ2v) is 3.50. The van der Waals surface area contributed by atoms with Crippen LogP contribution in [-0.2, 0) is 0 Å². The maximum atomic E-state index is 9.73. The van der Waals surface area contributed by atoms with Gasteiger partial charge in [-0.05, 0) is 12.0 Å². The van der Waals surface area contributed by atoms with Crippen LogP contribution in [0.2, 0.25) is 0 Å². The molecule has 2 nitrogen and oxygen atoms in total. The molecule has 1 aliphatic heterocycles. The van der Waals surface area contributed by atoms with Crippen LogP contribution in [-0.4, -0.2) is 24.3 Å². The van der Waals surface area contributed by atoms with Gasteiger partial charge in [-0.25, -0.2) is 5.32 Å². The first kappa shape index (κ1) is 8.73. The highest BCUT2D eigenvalue weighted by Crippen LogP contribution is 2.25. The van der Waals surface area contributed by atoms with E-state index < -0.39 is 0 Å². The Balaban J connectivity index is 2.15. The molecule has 0 unspecified atom stereocenters. The molecular weight excluding hydrogens is 162 g/mol. The van der Waals surface area contributed by atoms with Crippen LogP contribution in [0.4, 0.5) is 0 Å². The molecule has 1 aromatic rings. The Morgan fingerprint density at radius 1 is 1.23 bits per heavy atom. The van der Waals surface area contributed by atoms with Crippen molar-refractivity contribution in [1.82, 2.24) is 5.32 Å². The Morgan fingerprint density at radius 3 is 2.69 bits per heavy atom. The van der Waals surface area contributed by atoms with Gasteiger partial charge in [-0.2, -0.15) is 0 Å². The van der Waals surface area contributed by atoms with Gasteiger partial charge in [-0.1, -0.05) is 30.3 Å². The minimum atomic E-state index is -0.281. The lowest BCUT2D eigenvalue weighted by molar-refractivity contribution is 0.117. The number of hydrogen-bond donors (Lipinski definition) is 1. The molecule has 1 aromatic carbocycles. The predicted octanol–water partition coefficient (Wildman–Crippen LogP) is 1.14. The van der Waals surface area contributed by atoms with Crippen LogP contribution in [0.25, 0.3) is 0 Å². The van der Waals surface area contributed by atoms with E-state index >= 15 is 0 Å². The Labute approximate surface area is 78.6 Å². The van der Waals surface area contributed by atoms with Gasteiger partial charge in [0.2, 0.25) is 0 Å². The van der Waals surface area contributed by atoms with E-state index in [0.717, 1.165) is 13.0 Å². The number of rotatable bonds is 1. The minimum Gasteiger partial charge on any atom is -0.391 e. The van der Waals surface area contributed by atoms with Gasteiger partial charge >= 0.3 is 0 Å². The first-order chi connectivity index (χ1) is 6.38. The fourth-order valence-corrected chi connectivity index (χ4v) is 1.86. The van der Waals surface area contributed by atoms with Crippen LogP contribution in [0.5, 0.6) is 0 Å². The number of benzene rings is 1.